The first-order valence-corrected chi connectivity index (χ1v) is 9.06. The van der Waals surface area contributed by atoms with Crippen LogP contribution in [0.1, 0.15) is 65.5 Å². The largest absolute Gasteiger partial charge is 0.443 e. The Kier molecular flexibility index (Phi) is 6.21. The second-order valence-electron chi connectivity index (χ2n) is 7.28. The van der Waals surface area contributed by atoms with E-state index in [1.165, 1.54) is 12.8 Å². The van der Waals surface area contributed by atoms with E-state index in [9.17, 15) is 4.79 Å². The Bertz CT molecular complexity index is 554. The molecule has 1 fully saturated rings. The van der Waals surface area contributed by atoms with E-state index in [4.69, 9.17) is 4.74 Å². The van der Waals surface area contributed by atoms with Crippen molar-refractivity contribution in [2.45, 2.75) is 65.5 Å². The molecule has 0 N–H and O–H groups in total. The Labute approximate surface area is 146 Å². The smallest absolute Gasteiger partial charge is 0.415 e. The standard InChI is InChI=1S/C19H31N3O2/c1-6-21-14-9-8-12-16(21)15-11-10-13-20-17(15)22(7-2)18(23)24-19(3,4)5/h10-11,13,16H,6-9,12,14H2,1-5H3/t16-/m1/s1. The molecular weight excluding hydrogens is 302 g/mol. The Morgan fingerprint density at radius 1 is 1.38 bits per heavy atom. The molecule has 5 nitrogen and oxygen atoms in total. The minimum atomic E-state index is -0.514. The molecule has 24 heavy (non-hydrogen) atoms. The van der Waals surface area contributed by atoms with Gasteiger partial charge in [-0.1, -0.05) is 19.4 Å². The van der Waals surface area contributed by atoms with Gasteiger partial charge in [0.25, 0.3) is 0 Å². The minimum absolute atomic E-state index is 0.323. The summed E-state index contributed by atoms with van der Waals surface area (Å²) in [6.45, 7) is 12.5. The number of rotatable bonds is 4. The van der Waals surface area contributed by atoms with Gasteiger partial charge in [0.15, 0.2) is 0 Å². The molecule has 0 aliphatic carbocycles. The lowest BCUT2D eigenvalue weighted by molar-refractivity contribution is 0.0580. The predicted molar refractivity (Wildman–Crippen MR) is 97.3 cm³/mol. The fourth-order valence-electron chi connectivity index (χ4n) is 3.30. The van der Waals surface area contributed by atoms with Crippen molar-refractivity contribution < 1.29 is 9.53 Å². The summed E-state index contributed by atoms with van der Waals surface area (Å²) in [6.07, 6.45) is 4.99. The number of hydrogen-bond donors (Lipinski definition) is 0. The molecule has 2 heterocycles. The maximum atomic E-state index is 12.6. The van der Waals surface area contributed by atoms with Crippen molar-refractivity contribution >= 4 is 11.9 Å². The van der Waals surface area contributed by atoms with Crippen LogP contribution in [0.25, 0.3) is 0 Å². The first-order valence-electron chi connectivity index (χ1n) is 9.06. The fraction of sp³-hybridized carbons (Fsp3) is 0.684. The van der Waals surface area contributed by atoms with Crippen LogP contribution in [-0.4, -0.2) is 41.2 Å². The Morgan fingerprint density at radius 2 is 2.12 bits per heavy atom. The number of pyridine rings is 1. The Hall–Kier alpha value is -1.62. The van der Waals surface area contributed by atoms with Crippen LogP contribution >= 0.6 is 0 Å². The summed E-state index contributed by atoms with van der Waals surface area (Å²) in [6, 6.07) is 4.39. The predicted octanol–water partition coefficient (Wildman–Crippen LogP) is 4.39. The average molecular weight is 333 g/mol. The van der Waals surface area contributed by atoms with Crippen molar-refractivity contribution in [3.05, 3.63) is 23.9 Å². The van der Waals surface area contributed by atoms with Gasteiger partial charge in [-0.25, -0.2) is 9.78 Å². The lowest BCUT2D eigenvalue weighted by Gasteiger charge is -2.37. The number of amides is 1. The van der Waals surface area contributed by atoms with Gasteiger partial charge < -0.3 is 4.74 Å². The maximum absolute atomic E-state index is 12.6. The number of anilines is 1. The number of nitrogens with zero attached hydrogens (tertiary/aromatic N) is 3. The Morgan fingerprint density at radius 3 is 2.75 bits per heavy atom. The third-order valence-electron chi connectivity index (χ3n) is 4.38. The summed E-state index contributed by atoms with van der Waals surface area (Å²) in [4.78, 5) is 21.3. The molecule has 1 aliphatic rings. The van der Waals surface area contributed by atoms with Crippen LogP contribution < -0.4 is 4.90 Å². The van der Waals surface area contributed by atoms with Crippen molar-refractivity contribution in [1.82, 2.24) is 9.88 Å². The number of carbonyl (C=O) groups is 1. The summed E-state index contributed by atoms with van der Waals surface area (Å²) >= 11 is 0. The molecule has 1 aliphatic heterocycles. The van der Waals surface area contributed by atoms with E-state index in [2.05, 4.69) is 22.9 Å². The highest BCUT2D eigenvalue weighted by Gasteiger charge is 2.30. The van der Waals surface area contributed by atoms with Crippen LogP contribution in [0.2, 0.25) is 0 Å². The van der Waals surface area contributed by atoms with Crippen LogP contribution in [0.3, 0.4) is 0 Å². The van der Waals surface area contributed by atoms with E-state index in [1.807, 2.05) is 33.8 Å². The van der Waals surface area contributed by atoms with Crippen LogP contribution in [0.4, 0.5) is 10.6 Å². The van der Waals surface area contributed by atoms with E-state index in [-0.39, 0.29) is 6.09 Å². The van der Waals surface area contributed by atoms with Gasteiger partial charge in [0.05, 0.1) is 0 Å². The second-order valence-corrected chi connectivity index (χ2v) is 7.28. The molecule has 1 amide bonds. The zero-order valence-electron chi connectivity index (χ0n) is 15.7. The van der Waals surface area contributed by atoms with Gasteiger partial charge in [-0.15, -0.1) is 0 Å². The molecule has 5 heteroatoms. The number of ether oxygens (including phenoxy) is 1. The molecule has 0 spiro atoms. The van der Waals surface area contributed by atoms with Crippen molar-refractivity contribution in [2.75, 3.05) is 24.5 Å². The van der Waals surface area contributed by atoms with E-state index < -0.39 is 5.60 Å². The molecule has 0 aromatic carbocycles. The third-order valence-corrected chi connectivity index (χ3v) is 4.38. The summed E-state index contributed by atoms with van der Waals surface area (Å²) < 4.78 is 5.57. The molecule has 1 saturated heterocycles. The van der Waals surface area contributed by atoms with Gasteiger partial charge in [0, 0.05) is 24.3 Å². The molecule has 2 rings (SSSR count). The number of hydrogen-bond acceptors (Lipinski definition) is 4. The fourth-order valence-corrected chi connectivity index (χ4v) is 3.30. The van der Waals surface area contributed by atoms with Crippen molar-refractivity contribution in [3.63, 3.8) is 0 Å². The third kappa shape index (κ3) is 4.47. The van der Waals surface area contributed by atoms with Gasteiger partial charge in [-0.2, -0.15) is 0 Å². The zero-order valence-corrected chi connectivity index (χ0v) is 15.7. The lowest BCUT2D eigenvalue weighted by Crippen LogP contribution is -2.39. The topological polar surface area (TPSA) is 45.7 Å². The van der Waals surface area contributed by atoms with Crippen LogP contribution in [0, 0.1) is 0 Å². The van der Waals surface area contributed by atoms with Gasteiger partial charge in [-0.05, 0) is 59.7 Å². The summed E-state index contributed by atoms with van der Waals surface area (Å²) in [5.41, 5.74) is 0.617. The average Bonchev–Trinajstić information content (AvgIpc) is 2.54. The van der Waals surface area contributed by atoms with Gasteiger partial charge in [0.1, 0.15) is 11.4 Å². The van der Waals surface area contributed by atoms with Gasteiger partial charge in [-0.3, -0.25) is 9.80 Å². The normalized spacial score (nSPS) is 19.1. The van der Waals surface area contributed by atoms with Crippen molar-refractivity contribution in [1.29, 1.82) is 0 Å². The molecule has 1 aromatic rings. The molecule has 1 atom stereocenters. The Balaban J connectivity index is 2.34. The molecule has 134 valence electrons. The maximum Gasteiger partial charge on any atom is 0.415 e. The molecule has 0 unspecified atom stereocenters. The number of aromatic nitrogens is 1. The summed E-state index contributed by atoms with van der Waals surface area (Å²) in [5, 5.41) is 0. The molecular formula is C19H31N3O2. The monoisotopic (exact) mass is 333 g/mol. The van der Waals surface area contributed by atoms with Crippen LogP contribution in [0.5, 0.6) is 0 Å². The van der Waals surface area contributed by atoms with Gasteiger partial charge >= 0.3 is 6.09 Å². The summed E-state index contributed by atoms with van der Waals surface area (Å²) in [5.74, 6) is 0.736. The van der Waals surface area contributed by atoms with Gasteiger partial charge in [0.2, 0.25) is 0 Å². The molecule has 0 saturated carbocycles. The van der Waals surface area contributed by atoms with Crippen molar-refractivity contribution in [2.24, 2.45) is 0 Å². The SMILES string of the molecule is CCN(C(=O)OC(C)(C)C)c1ncccc1[C@H]1CCCCN1CC. The van der Waals surface area contributed by atoms with Crippen molar-refractivity contribution in [3.8, 4) is 0 Å². The highest BCUT2D eigenvalue weighted by Crippen LogP contribution is 2.35. The lowest BCUT2D eigenvalue weighted by atomic mass is 9.95. The van der Waals surface area contributed by atoms with E-state index in [1.54, 1.807) is 11.1 Å². The zero-order chi connectivity index (χ0) is 17.7. The van der Waals surface area contributed by atoms with E-state index >= 15 is 0 Å². The first-order chi connectivity index (χ1) is 11.4. The minimum Gasteiger partial charge on any atom is -0.443 e. The second kappa shape index (κ2) is 7.97. The van der Waals surface area contributed by atoms with E-state index in [0.29, 0.717) is 12.6 Å². The summed E-state index contributed by atoms with van der Waals surface area (Å²) in [7, 11) is 0. The van der Waals surface area contributed by atoms with Crippen LogP contribution in [0.15, 0.2) is 18.3 Å². The van der Waals surface area contributed by atoms with Crippen LogP contribution in [-0.2, 0) is 4.74 Å². The molecule has 1 aromatic heterocycles. The molecule has 0 radical (unpaired) electrons. The molecule has 0 bridgehead atoms. The first kappa shape index (κ1) is 18.7. The highest BCUT2D eigenvalue weighted by molar-refractivity contribution is 5.87. The highest BCUT2D eigenvalue weighted by atomic mass is 16.6. The van der Waals surface area contributed by atoms with E-state index in [0.717, 1.165) is 30.9 Å². The number of piperidine rings is 1. The quantitative estimate of drug-likeness (QED) is 0.820. The number of carbonyl (C=O) groups excluding carboxylic acids is 1. The number of likely N-dealkylation sites (tertiary alicyclic amines) is 1.